The lowest BCUT2D eigenvalue weighted by molar-refractivity contribution is -0.120. The van der Waals surface area contributed by atoms with Gasteiger partial charge in [0.15, 0.2) is 0 Å². The molecule has 2 rings (SSSR count). The fraction of sp³-hybridized carbons (Fsp3) is 0.125. The first-order valence-corrected chi connectivity index (χ1v) is 7.17. The van der Waals surface area contributed by atoms with E-state index >= 15 is 0 Å². The highest BCUT2D eigenvalue weighted by Crippen LogP contribution is 2.12. The van der Waals surface area contributed by atoms with Crippen LogP contribution in [0.25, 0.3) is 0 Å². The lowest BCUT2D eigenvalue weighted by Gasteiger charge is -2.02. The van der Waals surface area contributed by atoms with E-state index in [1.54, 1.807) is 13.3 Å². The van der Waals surface area contributed by atoms with E-state index in [4.69, 9.17) is 4.74 Å². The molecule has 0 aliphatic carbocycles. The van der Waals surface area contributed by atoms with Gasteiger partial charge < -0.3 is 4.74 Å². The Morgan fingerprint density at radius 3 is 2.71 bits per heavy atom. The van der Waals surface area contributed by atoms with Crippen molar-refractivity contribution in [1.29, 1.82) is 0 Å². The Morgan fingerprint density at radius 2 is 2.05 bits per heavy atom. The third-order valence-electron chi connectivity index (χ3n) is 2.78. The number of methoxy groups -OCH3 is 1. The van der Waals surface area contributed by atoms with Crippen molar-refractivity contribution in [2.24, 2.45) is 5.10 Å². The number of rotatable bonds is 5. The van der Waals surface area contributed by atoms with Gasteiger partial charge >= 0.3 is 0 Å². The number of amides is 1. The van der Waals surface area contributed by atoms with E-state index in [0.717, 1.165) is 21.3 Å². The molecule has 5 heteroatoms. The molecule has 2 aromatic rings. The van der Waals surface area contributed by atoms with Gasteiger partial charge in [-0.3, -0.25) is 4.79 Å². The van der Waals surface area contributed by atoms with Gasteiger partial charge in [0.05, 0.1) is 19.7 Å². The maximum Gasteiger partial charge on any atom is 0.244 e. The lowest BCUT2D eigenvalue weighted by Crippen LogP contribution is -2.19. The number of nitrogens with one attached hydrogen (secondary N) is 1. The van der Waals surface area contributed by atoms with Gasteiger partial charge in [0.2, 0.25) is 5.91 Å². The molecule has 108 valence electrons. The molecule has 0 aliphatic heterocycles. The van der Waals surface area contributed by atoms with Crippen LogP contribution in [0.2, 0.25) is 0 Å². The zero-order valence-corrected chi connectivity index (χ0v) is 13.1. The van der Waals surface area contributed by atoms with Crippen LogP contribution < -0.4 is 10.2 Å². The van der Waals surface area contributed by atoms with Gasteiger partial charge in [0.25, 0.3) is 0 Å². The van der Waals surface area contributed by atoms with E-state index in [1.165, 1.54) is 0 Å². The van der Waals surface area contributed by atoms with Crippen LogP contribution in [0, 0.1) is 0 Å². The highest BCUT2D eigenvalue weighted by molar-refractivity contribution is 9.10. The standard InChI is InChI=1S/C16H15BrN2O2/c1-21-15-7-5-12(6-8-15)10-16(20)19-18-11-13-3-2-4-14(17)9-13/h2-9,11H,10H2,1H3,(H,19,20)/b18-11-. The second-order valence-electron chi connectivity index (χ2n) is 4.37. The third kappa shape index (κ3) is 5.04. The molecular weight excluding hydrogens is 332 g/mol. The van der Waals surface area contributed by atoms with Gasteiger partial charge in [0.1, 0.15) is 5.75 Å². The number of hydrogen-bond donors (Lipinski definition) is 1. The summed E-state index contributed by atoms with van der Waals surface area (Å²) < 4.78 is 6.04. The second kappa shape index (κ2) is 7.59. The second-order valence-corrected chi connectivity index (χ2v) is 5.29. The van der Waals surface area contributed by atoms with E-state index in [9.17, 15) is 4.79 Å². The zero-order chi connectivity index (χ0) is 15.1. The number of carbonyl (C=O) groups is 1. The van der Waals surface area contributed by atoms with Crippen molar-refractivity contribution >= 4 is 28.1 Å². The van der Waals surface area contributed by atoms with Crippen molar-refractivity contribution in [3.63, 3.8) is 0 Å². The molecule has 0 bridgehead atoms. The molecule has 1 amide bonds. The van der Waals surface area contributed by atoms with Crippen LogP contribution in [0.3, 0.4) is 0 Å². The summed E-state index contributed by atoms with van der Waals surface area (Å²) >= 11 is 3.38. The van der Waals surface area contributed by atoms with Gasteiger partial charge in [-0.2, -0.15) is 5.10 Å². The molecule has 0 atom stereocenters. The fourth-order valence-corrected chi connectivity index (χ4v) is 2.15. The first-order chi connectivity index (χ1) is 10.2. The maximum absolute atomic E-state index is 11.8. The average molecular weight is 347 g/mol. The quantitative estimate of drug-likeness (QED) is 0.667. The van der Waals surface area contributed by atoms with Crippen LogP contribution >= 0.6 is 15.9 Å². The largest absolute Gasteiger partial charge is 0.497 e. The normalized spacial score (nSPS) is 10.6. The molecule has 0 aliphatic rings. The van der Waals surface area contributed by atoms with Crippen molar-refractivity contribution in [3.05, 3.63) is 64.1 Å². The summed E-state index contributed by atoms with van der Waals surface area (Å²) in [6.45, 7) is 0. The Morgan fingerprint density at radius 1 is 1.29 bits per heavy atom. The summed E-state index contributed by atoms with van der Waals surface area (Å²) in [4.78, 5) is 11.8. The topological polar surface area (TPSA) is 50.7 Å². The molecule has 2 aromatic carbocycles. The highest BCUT2D eigenvalue weighted by Gasteiger charge is 2.02. The van der Waals surface area contributed by atoms with Crippen molar-refractivity contribution in [3.8, 4) is 5.75 Å². The van der Waals surface area contributed by atoms with Crippen molar-refractivity contribution in [1.82, 2.24) is 5.43 Å². The summed E-state index contributed by atoms with van der Waals surface area (Å²) in [5.41, 5.74) is 4.33. The average Bonchev–Trinajstić information content (AvgIpc) is 2.48. The molecule has 0 unspecified atom stereocenters. The molecule has 0 spiro atoms. The summed E-state index contributed by atoms with van der Waals surface area (Å²) in [5.74, 6) is 0.609. The van der Waals surface area contributed by atoms with E-state index < -0.39 is 0 Å². The van der Waals surface area contributed by atoms with Crippen LogP contribution in [0.4, 0.5) is 0 Å². The van der Waals surface area contributed by atoms with E-state index in [0.29, 0.717) is 0 Å². The summed E-state index contributed by atoms with van der Waals surface area (Å²) in [6.07, 6.45) is 1.89. The number of hydrogen-bond acceptors (Lipinski definition) is 3. The molecule has 1 N–H and O–H groups in total. The molecule has 0 aromatic heterocycles. The summed E-state index contributed by atoms with van der Waals surface area (Å²) in [6, 6.07) is 15.0. The number of nitrogens with zero attached hydrogens (tertiary/aromatic N) is 1. The third-order valence-corrected chi connectivity index (χ3v) is 3.27. The first kappa shape index (κ1) is 15.3. The predicted molar refractivity (Wildman–Crippen MR) is 86.6 cm³/mol. The Bertz CT molecular complexity index is 639. The van der Waals surface area contributed by atoms with Gasteiger partial charge in [-0.15, -0.1) is 0 Å². The van der Waals surface area contributed by atoms with Crippen LogP contribution in [0.15, 0.2) is 58.1 Å². The molecule has 21 heavy (non-hydrogen) atoms. The van der Waals surface area contributed by atoms with Crippen LogP contribution in [-0.2, 0) is 11.2 Å². The Hall–Kier alpha value is -2.14. The molecule has 4 nitrogen and oxygen atoms in total. The number of benzene rings is 2. The van der Waals surface area contributed by atoms with Crippen molar-refractivity contribution in [2.75, 3.05) is 7.11 Å². The van der Waals surface area contributed by atoms with Crippen molar-refractivity contribution in [2.45, 2.75) is 6.42 Å². The van der Waals surface area contributed by atoms with E-state index in [1.807, 2.05) is 48.5 Å². The number of hydrazone groups is 1. The summed E-state index contributed by atoms with van der Waals surface area (Å²) in [7, 11) is 1.61. The smallest absolute Gasteiger partial charge is 0.244 e. The minimum absolute atomic E-state index is 0.161. The van der Waals surface area contributed by atoms with Crippen LogP contribution in [-0.4, -0.2) is 19.2 Å². The highest BCUT2D eigenvalue weighted by atomic mass is 79.9. The minimum Gasteiger partial charge on any atom is -0.497 e. The Labute approximate surface area is 132 Å². The Kier molecular flexibility index (Phi) is 5.51. The molecule has 0 heterocycles. The van der Waals surface area contributed by atoms with Gasteiger partial charge in [-0.1, -0.05) is 40.2 Å². The predicted octanol–water partition coefficient (Wildman–Crippen LogP) is 3.15. The van der Waals surface area contributed by atoms with Crippen molar-refractivity contribution < 1.29 is 9.53 Å². The molecule has 0 radical (unpaired) electrons. The SMILES string of the molecule is COc1ccc(CC(=O)N/N=C\c2cccc(Br)c2)cc1. The molecule has 0 fully saturated rings. The molecule has 0 saturated carbocycles. The van der Waals surface area contributed by atoms with E-state index in [-0.39, 0.29) is 12.3 Å². The van der Waals surface area contributed by atoms with Crippen LogP contribution in [0.5, 0.6) is 5.75 Å². The number of halogens is 1. The first-order valence-electron chi connectivity index (χ1n) is 6.38. The minimum atomic E-state index is -0.161. The van der Waals surface area contributed by atoms with Crippen LogP contribution in [0.1, 0.15) is 11.1 Å². The lowest BCUT2D eigenvalue weighted by atomic mass is 10.1. The zero-order valence-electron chi connectivity index (χ0n) is 11.5. The van der Waals surface area contributed by atoms with E-state index in [2.05, 4.69) is 26.5 Å². The fourth-order valence-electron chi connectivity index (χ4n) is 1.73. The summed E-state index contributed by atoms with van der Waals surface area (Å²) in [5, 5.41) is 3.94. The number of carbonyl (C=O) groups excluding carboxylic acids is 1. The number of ether oxygens (including phenoxy) is 1. The van der Waals surface area contributed by atoms with Gasteiger partial charge in [-0.05, 0) is 35.4 Å². The molecule has 0 saturated heterocycles. The van der Waals surface area contributed by atoms with Gasteiger partial charge in [-0.25, -0.2) is 5.43 Å². The molecular formula is C16H15BrN2O2. The Balaban J connectivity index is 1.86. The monoisotopic (exact) mass is 346 g/mol. The maximum atomic E-state index is 11.8. The van der Waals surface area contributed by atoms with Gasteiger partial charge in [0, 0.05) is 4.47 Å².